The Hall–Kier alpha value is -3.21. The molecule has 2 heterocycles. The second-order valence-corrected chi connectivity index (χ2v) is 6.28. The van der Waals surface area contributed by atoms with Gasteiger partial charge >= 0.3 is 0 Å². The van der Waals surface area contributed by atoms with Crippen molar-refractivity contribution in [3.05, 3.63) is 83.4 Å². The van der Waals surface area contributed by atoms with E-state index < -0.39 is 0 Å². The van der Waals surface area contributed by atoms with Gasteiger partial charge in [0.05, 0.1) is 6.04 Å². The van der Waals surface area contributed by atoms with E-state index >= 15 is 0 Å². The lowest BCUT2D eigenvalue weighted by Crippen LogP contribution is -2.26. The fraction of sp³-hybridized carbons (Fsp3) is 0.143. The molecule has 0 unspecified atom stereocenters. The van der Waals surface area contributed by atoms with E-state index in [4.69, 9.17) is 4.74 Å². The predicted octanol–water partition coefficient (Wildman–Crippen LogP) is 4.27. The van der Waals surface area contributed by atoms with Gasteiger partial charge in [-0.05, 0) is 54.4 Å². The first-order valence-corrected chi connectivity index (χ1v) is 8.38. The minimum Gasteiger partial charge on any atom is -0.488 e. The number of fused-ring (bicyclic) bond motifs is 3. The molecule has 0 aliphatic carbocycles. The molecule has 5 heteroatoms. The quantitative estimate of drug-likeness (QED) is 0.769. The van der Waals surface area contributed by atoms with E-state index in [0.29, 0.717) is 23.5 Å². The SMILES string of the molecule is C[C@@H](NC(=O)c1ccc2c(c1)OCc1cnccc1-2)c1cccc(F)c1. The van der Waals surface area contributed by atoms with Crippen LogP contribution in [-0.2, 0) is 6.61 Å². The molecule has 4 rings (SSSR count). The minimum absolute atomic E-state index is 0.228. The summed E-state index contributed by atoms with van der Waals surface area (Å²) in [6.45, 7) is 2.26. The zero-order chi connectivity index (χ0) is 18.1. The van der Waals surface area contributed by atoms with Gasteiger partial charge in [-0.3, -0.25) is 9.78 Å². The molecule has 1 aliphatic rings. The predicted molar refractivity (Wildman–Crippen MR) is 96.3 cm³/mol. The van der Waals surface area contributed by atoms with Crippen LogP contribution in [-0.4, -0.2) is 10.9 Å². The lowest BCUT2D eigenvalue weighted by atomic mass is 9.97. The van der Waals surface area contributed by atoms with Crippen LogP contribution in [0.3, 0.4) is 0 Å². The zero-order valence-corrected chi connectivity index (χ0v) is 14.2. The van der Waals surface area contributed by atoms with E-state index in [1.54, 1.807) is 36.7 Å². The van der Waals surface area contributed by atoms with Crippen LogP contribution in [0.15, 0.2) is 60.9 Å². The van der Waals surface area contributed by atoms with Gasteiger partial charge in [0.1, 0.15) is 18.2 Å². The Morgan fingerprint density at radius 1 is 1.19 bits per heavy atom. The van der Waals surface area contributed by atoms with Crippen molar-refractivity contribution in [2.24, 2.45) is 0 Å². The molecule has 1 aromatic heterocycles. The third-order valence-corrected chi connectivity index (χ3v) is 4.52. The molecule has 0 bridgehead atoms. The monoisotopic (exact) mass is 348 g/mol. The van der Waals surface area contributed by atoms with Gasteiger partial charge in [0.2, 0.25) is 0 Å². The summed E-state index contributed by atoms with van der Waals surface area (Å²) in [6.07, 6.45) is 3.54. The fourth-order valence-electron chi connectivity index (χ4n) is 3.11. The van der Waals surface area contributed by atoms with E-state index in [1.807, 2.05) is 19.1 Å². The maximum atomic E-state index is 13.4. The number of aromatic nitrogens is 1. The number of hydrogen-bond donors (Lipinski definition) is 1. The van der Waals surface area contributed by atoms with Gasteiger partial charge in [-0.1, -0.05) is 12.1 Å². The molecule has 2 aromatic carbocycles. The molecule has 0 fully saturated rings. The summed E-state index contributed by atoms with van der Waals surface area (Å²) in [7, 11) is 0. The number of rotatable bonds is 3. The molecule has 0 spiro atoms. The van der Waals surface area contributed by atoms with Crippen molar-refractivity contribution >= 4 is 5.91 Å². The Morgan fingerprint density at radius 2 is 2.08 bits per heavy atom. The molecule has 4 nitrogen and oxygen atoms in total. The molecule has 0 saturated carbocycles. The highest BCUT2D eigenvalue weighted by atomic mass is 19.1. The van der Waals surface area contributed by atoms with Crippen LogP contribution >= 0.6 is 0 Å². The Kier molecular flexibility index (Phi) is 4.13. The van der Waals surface area contributed by atoms with Crippen molar-refractivity contribution in [2.75, 3.05) is 0 Å². The molecular formula is C21H17FN2O2. The first-order chi connectivity index (χ1) is 12.6. The topological polar surface area (TPSA) is 51.2 Å². The number of benzene rings is 2. The van der Waals surface area contributed by atoms with Crippen LogP contribution in [0.25, 0.3) is 11.1 Å². The largest absolute Gasteiger partial charge is 0.488 e. The standard InChI is InChI=1S/C21H17FN2O2/c1-13(14-3-2-4-17(22)9-14)24-21(25)15-5-6-19-18-7-8-23-11-16(18)12-26-20(19)10-15/h2-11,13H,12H2,1H3,(H,24,25)/t13-/m1/s1. The van der Waals surface area contributed by atoms with Gasteiger partial charge < -0.3 is 10.1 Å². The summed E-state index contributed by atoms with van der Waals surface area (Å²) in [5.41, 5.74) is 4.26. The van der Waals surface area contributed by atoms with E-state index in [2.05, 4.69) is 10.3 Å². The molecular weight excluding hydrogens is 331 g/mol. The average molecular weight is 348 g/mol. The molecule has 0 radical (unpaired) electrons. The van der Waals surface area contributed by atoms with Gasteiger partial charge in [0.15, 0.2) is 0 Å². The zero-order valence-electron chi connectivity index (χ0n) is 14.2. The highest BCUT2D eigenvalue weighted by Gasteiger charge is 2.19. The van der Waals surface area contributed by atoms with Crippen LogP contribution < -0.4 is 10.1 Å². The second kappa shape index (κ2) is 6.59. The summed E-state index contributed by atoms with van der Waals surface area (Å²) in [5, 5.41) is 2.89. The maximum Gasteiger partial charge on any atom is 0.251 e. The molecule has 26 heavy (non-hydrogen) atoms. The highest BCUT2D eigenvalue weighted by Crippen LogP contribution is 2.37. The first kappa shape index (κ1) is 16.3. The van der Waals surface area contributed by atoms with Crippen LogP contribution in [0.5, 0.6) is 5.75 Å². The summed E-state index contributed by atoms with van der Waals surface area (Å²) in [6, 6.07) is 13.3. The number of ether oxygens (including phenoxy) is 1. The highest BCUT2D eigenvalue weighted by molar-refractivity contribution is 5.96. The van der Waals surface area contributed by atoms with Crippen molar-refractivity contribution in [2.45, 2.75) is 19.6 Å². The van der Waals surface area contributed by atoms with Crippen molar-refractivity contribution in [3.8, 4) is 16.9 Å². The number of carbonyl (C=O) groups is 1. The molecule has 0 saturated heterocycles. The number of nitrogens with one attached hydrogen (secondary N) is 1. The molecule has 1 atom stereocenters. The lowest BCUT2D eigenvalue weighted by Gasteiger charge is -2.21. The molecule has 130 valence electrons. The molecule has 3 aromatic rings. The molecule has 1 aliphatic heterocycles. The Labute approximate surface area is 150 Å². The van der Waals surface area contributed by atoms with Crippen molar-refractivity contribution in [3.63, 3.8) is 0 Å². The van der Waals surface area contributed by atoms with Gasteiger partial charge in [-0.2, -0.15) is 0 Å². The van der Waals surface area contributed by atoms with E-state index in [0.717, 1.165) is 16.7 Å². The van der Waals surface area contributed by atoms with Crippen LogP contribution in [0.4, 0.5) is 4.39 Å². The number of hydrogen-bond acceptors (Lipinski definition) is 3. The number of halogens is 1. The third kappa shape index (κ3) is 3.04. The van der Waals surface area contributed by atoms with Crippen molar-refractivity contribution in [1.29, 1.82) is 0 Å². The Morgan fingerprint density at radius 3 is 2.92 bits per heavy atom. The van der Waals surface area contributed by atoms with Crippen molar-refractivity contribution in [1.82, 2.24) is 10.3 Å². The maximum absolute atomic E-state index is 13.4. The molecule has 1 amide bonds. The third-order valence-electron chi connectivity index (χ3n) is 4.52. The lowest BCUT2D eigenvalue weighted by molar-refractivity contribution is 0.0939. The fourth-order valence-corrected chi connectivity index (χ4v) is 3.11. The van der Waals surface area contributed by atoms with E-state index in [-0.39, 0.29) is 17.8 Å². The number of carbonyl (C=O) groups excluding carboxylic acids is 1. The normalized spacial score (nSPS) is 13.2. The van der Waals surface area contributed by atoms with Gasteiger partial charge in [-0.15, -0.1) is 0 Å². The summed E-state index contributed by atoms with van der Waals surface area (Å²) in [5.74, 6) is 0.127. The molecule has 1 N–H and O–H groups in total. The summed E-state index contributed by atoms with van der Waals surface area (Å²) in [4.78, 5) is 16.7. The van der Waals surface area contributed by atoms with E-state index in [1.165, 1.54) is 12.1 Å². The summed E-state index contributed by atoms with van der Waals surface area (Å²) >= 11 is 0. The van der Waals surface area contributed by atoms with Gasteiger partial charge in [0.25, 0.3) is 5.91 Å². The van der Waals surface area contributed by atoms with Crippen LogP contribution in [0.2, 0.25) is 0 Å². The van der Waals surface area contributed by atoms with E-state index in [9.17, 15) is 9.18 Å². The number of nitrogens with zero attached hydrogens (tertiary/aromatic N) is 1. The first-order valence-electron chi connectivity index (χ1n) is 8.38. The minimum atomic E-state index is -0.320. The Bertz CT molecular complexity index is 987. The Balaban J connectivity index is 1.57. The number of pyridine rings is 1. The second-order valence-electron chi connectivity index (χ2n) is 6.28. The summed E-state index contributed by atoms with van der Waals surface area (Å²) < 4.78 is 19.1. The smallest absolute Gasteiger partial charge is 0.251 e. The average Bonchev–Trinajstić information content (AvgIpc) is 2.67. The van der Waals surface area contributed by atoms with Gasteiger partial charge in [0, 0.05) is 29.1 Å². The van der Waals surface area contributed by atoms with Crippen LogP contribution in [0.1, 0.15) is 34.5 Å². The van der Waals surface area contributed by atoms with Crippen molar-refractivity contribution < 1.29 is 13.9 Å². The van der Waals surface area contributed by atoms with Crippen LogP contribution in [0, 0.1) is 5.82 Å². The number of amides is 1. The van der Waals surface area contributed by atoms with Gasteiger partial charge in [-0.25, -0.2) is 4.39 Å².